The molecule has 0 spiro atoms. The summed E-state index contributed by atoms with van der Waals surface area (Å²) in [5.74, 6) is 0.651. The standard InChI is InChI=1S/C8H9N3O2S/c9-4-5(12)8-10-7(11-13-8)6-2-1-3-14-6/h1-3,5,12H,4,9H2. The molecule has 1 atom stereocenters. The number of nitrogens with two attached hydrogens (primary N) is 1. The summed E-state index contributed by atoms with van der Waals surface area (Å²) in [7, 11) is 0. The van der Waals surface area contributed by atoms with Crippen molar-refractivity contribution in [2.45, 2.75) is 6.10 Å². The molecule has 14 heavy (non-hydrogen) atoms. The van der Waals surface area contributed by atoms with Crippen LogP contribution in [-0.2, 0) is 0 Å². The fourth-order valence-electron chi connectivity index (χ4n) is 0.977. The number of nitrogens with zero attached hydrogens (tertiary/aromatic N) is 2. The Balaban J connectivity index is 2.26. The van der Waals surface area contributed by atoms with Crippen LogP contribution < -0.4 is 5.73 Å². The molecule has 74 valence electrons. The van der Waals surface area contributed by atoms with Crippen LogP contribution in [0.1, 0.15) is 12.0 Å². The van der Waals surface area contributed by atoms with E-state index in [4.69, 9.17) is 10.3 Å². The maximum atomic E-state index is 9.32. The van der Waals surface area contributed by atoms with Gasteiger partial charge in [0.25, 0.3) is 5.89 Å². The van der Waals surface area contributed by atoms with Crippen LogP contribution in [0.2, 0.25) is 0 Å². The highest BCUT2D eigenvalue weighted by atomic mass is 32.1. The smallest absolute Gasteiger partial charge is 0.257 e. The second kappa shape index (κ2) is 3.87. The van der Waals surface area contributed by atoms with Gasteiger partial charge in [-0.2, -0.15) is 4.98 Å². The van der Waals surface area contributed by atoms with Gasteiger partial charge in [-0.3, -0.25) is 0 Å². The maximum absolute atomic E-state index is 9.32. The van der Waals surface area contributed by atoms with Crippen LogP contribution in [0.4, 0.5) is 0 Å². The molecule has 0 bridgehead atoms. The Hall–Kier alpha value is -1.24. The van der Waals surface area contributed by atoms with Gasteiger partial charge in [-0.15, -0.1) is 11.3 Å². The zero-order valence-electron chi connectivity index (χ0n) is 7.25. The number of aromatic nitrogens is 2. The summed E-state index contributed by atoms with van der Waals surface area (Å²) in [5, 5.41) is 15.0. The van der Waals surface area contributed by atoms with Crippen LogP contribution in [0.15, 0.2) is 22.0 Å². The van der Waals surface area contributed by atoms with Gasteiger partial charge in [0.1, 0.15) is 6.10 Å². The van der Waals surface area contributed by atoms with E-state index >= 15 is 0 Å². The summed E-state index contributed by atoms with van der Waals surface area (Å²) >= 11 is 1.51. The third kappa shape index (κ3) is 1.67. The van der Waals surface area contributed by atoms with Gasteiger partial charge in [0.2, 0.25) is 5.82 Å². The monoisotopic (exact) mass is 211 g/mol. The van der Waals surface area contributed by atoms with Gasteiger partial charge in [-0.1, -0.05) is 11.2 Å². The molecule has 1 unspecified atom stereocenters. The van der Waals surface area contributed by atoms with E-state index in [-0.39, 0.29) is 12.4 Å². The van der Waals surface area contributed by atoms with Crippen molar-refractivity contribution in [3.63, 3.8) is 0 Å². The Labute approximate surface area is 84.2 Å². The summed E-state index contributed by atoms with van der Waals surface area (Å²) in [4.78, 5) is 4.93. The quantitative estimate of drug-likeness (QED) is 0.784. The minimum absolute atomic E-state index is 0.0755. The maximum Gasteiger partial charge on any atom is 0.257 e. The van der Waals surface area contributed by atoms with E-state index in [0.29, 0.717) is 5.82 Å². The van der Waals surface area contributed by atoms with Crippen LogP contribution in [-0.4, -0.2) is 21.8 Å². The molecule has 3 N–H and O–H groups in total. The normalized spacial score (nSPS) is 13.0. The third-order valence-electron chi connectivity index (χ3n) is 1.69. The van der Waals surface area contributed by atoms with Gasteiger partial charge < -0.3 is 15.4 Å². The van der Waals surface area contributed by atoms with Gasteiger partial charge >= 0.3 is 0 Å². The minimum atomic E-state index is -0.879. The van der Waals surface area contributed by atoms with Crippen LogP contribution >= 0.6 is 11.3 Å². The van der Waals surface area contributed by atoms with Crippen molar-refractivity contribution in [3.8, 4) is 10.7 Å². The highest BCUT2D eigenvalue weighted by Crippen LogP contribution is 2.22. The van der Waals surface area contributed by atoms with Gasteiger partial charge in [0, 0.05) is 6.54 Å². The summed E-state index contributed by atoms with van der Waals surface area (Å²) in [5.41, 5.74) is 5.26. The van der Waals surface area contributed by atoms with Crippen LogP contribution in [0.5, 0.6) is 0 Å². The molecule has 0 aliphatic rings. The lowest BCUT2D eigenvalue weighted by molar-refractivity contribution is 0.141. The SMILES string of the molecule is NCC(O)c1nc(-c2cccs2)no1. The van der Waals surface area contributed by atoms with Gasteiger partial charge in [-0.05, 0) is 11.4 Å². The van der Waals surface area contributed by atoms with Gasteiger partial charge in [-0.25, -0.2) is 0 Å². The van der Waals surface area contributed by atoms with Crippen molar-refractivity contribution in [1.29, 1.82) is 0 Å². The number of aliphatic hydroxyl groups is 1. The highest BCUT2D eigenvalue weighted by Gasteiger charge is 2.15. The predicted molar refractivity (Wildman–Crippen MR) is 51.6 cm³/mol. The Morgan fingerprint density at radius 3 is 3.14 bits per heavy atom. The fourth-order valence-corrected chi connectivity index (χ4v) is 1.63. The molecule has 6 heteroatoms. The fraction of sp³-hybridized carbons (Fsp3) is 0.250. The molecule has 0 saturated carbocycles. The van der Waals surface area contributed by atoms with E-state index in [2.05, 4.69) is 10.1 Å². The molecule has 0 radical (unpaired) electrons. The molecule has 5 nitrogen and oxygen atoms in total. The molecule has 0 saturated heterocycles. The number of rotatable bonds is 3. The first-order valence-corrected chi connectivity index (χ1v) is 4.95. The van der Waals surface area contributed by atoms with Crippen LogP contribution in [0, 0.1) is 0 Å². The summed E-state index contributed by atoms with van der Waals surface area (Å²) < 4.78 is 4.86. The predicted octanol–water partition coefficient (Wildman–Crippen LogP) is 0.790. The lowest BCUT2D eigenvalue weighted by Gasteiger charge is -1.97. The number of hydrogen-bond acceptors (Lipinski definition) is 6. The highest BCUT2D eigenvalue weighted by molar-refractivity contribution is 7.13. The minimum Gasteiger partial charge on any atom is -0.382 e. The Bertz CT molecular complexity index is 398. The first-order valence-electron chi connectivity index (χ1n) is 4.07. The zero-order valence-corrected chi connectivity index (χ0v) is 8.07. The van der Waals surface area contributed by atoms with Crippen molar-refractivity contribution in [2.24, 2.45) is 5.73 Å². The van der Waals surface area contributed by atoms with Gasteiger partial charge in [0.15, 0.2) is 0 Å². The van der Waals surface area contributed by atoms with Gasteiger partial charge in [0.05, 0.1) is 4.88 Å². The van der Waals surface area contributed by atoms with E-state index in [1.165, 1.54) is 11.3 Å². The molecule has 2 rings (SSSR count). The van der Waals surface area contributed by atoms with Crippen LogP contribution in [0.25, 0.3) is 10.7 Å². The van der Waals surface area contributed by atoms with Crippen LogP contribution in [0.3, 0.4) is 0 Å². The van der Waals surface area contributed by atoms with Crippen molar-refractivity contribution < 1.29 is 9.63 Å². The molecule has 2 aromatic rings. The van der Waals surface area contributed by atoms with E-state index in [0.717, 1.165) is 4.88 Å². The second-order valence-corrected chi connectivity index (χ2v) is 3.63. The Kier molecular flexibility index (Phi) is 2.58. The lowest BCUT2D eigenvalue weighted by Crippen LogP contribution is -2.11. The molecule has 0 aromatic carbocycles. The molecule has 2 aromatic heterocycles. The average molecular weight is 211 g/mol. The topological polar surface area (TPSA) is 85.2 Å². The van der Waals surface area contributed by atoms with Crippen molar-refractivity contribution in [1.82, 2.24) is 10.1 Å². The first-order chi connectivity index (χ1) is 6.81. The molecule has 0 aliphatic carbocycles. The van der Waals surface area contributed by atoms with Crippen molar-refractivity contribution >= 4 is 11.3 Å². The Morgan fingerprint density at radius 2 is 2.50 bits per heavy atom. The summed E-state index contributed by atoms with van der Waals surface area (Å²) in [6.07, 6.45) is -0.879. The average Bonchev–Trinajstić information content (AvgIpc) is 2.86. The van der Waals surface area contributed by atoms with E-state index < -0.39 is 6.10 Å². The van der Waals surface area contributed by atoms with E-state index in [1.54, 1.807) is 0 Å². The zero-order chi connectivity index (χ0) is 9.97. The molecule has 0 fully saturated rings. The molecule has 0 amide bonds. The Morgan fingerprint density at radius 1 is 1.64 bits per heavy atom. The number of thiophene rings is 1. The van der Waals surface area contributed by atoms with E-state index in [9.17, 15) is 5.11 Å². The molecular formula is C8H9N3O2S. The summed E-state index contributed by atoms with van der Waals surface area (Å²) in [6, 6.07) is 3.78. The molecule has 0 aliphatic heterocycles. The number of hydrogen-bond donors (Lipinski definition) is 2. The second-order valence-electron chi connectivity index (χ2n) is 2.69. The third-order valence-corrected chi connectivity index (χ3v) is 2.56. The number of aliphatic hydroxyl groups excluding tert-OH is 1. The van der Waals surface area contributed by atoms with Crippen molar-refractivity contribution in [3.05, 3.63) is 23.4 Å². The lowest BCUT2D eigenvalue weighted by atomic mass is 10.3. The first kappa shape index (κ1) is 9.32. The summed E-state index contributed by atoms with van der Waals surface area (Å²) in [6.45, 7) is 0.0755. The van der Waals surface area contributed by atoms with Crippen molar-refractivity contribution in [2.75, 3.05) is 6.54 Å². The van der Waals surface area contributed by atoms with E-state index in [1.807, 2.05) is 17.5 Å². The largest absolute Gasteiger partial charge is 0.382 e. The molecule has 2 heterocycles. The molecular weight excluding hydrogens is 202 g/mol.